The summed E-state index contributed by atoms with van der Waals surface area (Å²) in [6.45, 7) is 3.20. The van der Waals surface area contributed by atoms with Gasteiger partial charge in [-0.2, -0.15) is 9.78 Å². The SMILES string of the molecule is CCOc1ccc(NCc2nnc3n2N=C(c2cccs2)CS3)cc1. The molecule has 0 unspecified atom stereocenters. The molecule has 1 N–H and O–H groups in total. The summed E-state index contributed by atoms with van der Waals surface area (Å²) in [4.78, 5) is 1.19. The number of fused-ring (bicyclic) bond motifs is 1. The van der Waals surface area contributed by atoms with Gasteiger partial charge in [0.05, 0.1) is 23.7 Å². The smallest absolute Gasteiger partial charge is 0.212 e. The Kier molecular flexibility index (Phi) is 4.71. The Bertz CT molecular complexity index is 871. The van der Waals surface area contributed by atoms with Crippen LogP contribution in [-0.2, 0) is 6.54 Å². The largest absolute Gasteiger partial charge is 0.494 e. The molecule has 8 heteroatoms. The highest BCUT2D eigenvalue weighted by molar-refractivity contribution is 7.99. The van der Waals surface area contributed by atoms with E-state index < -0.39 is 0 Å². The lowest BCUT2D eigenvalue weighted by molar-refractivity contribution is 0.340. The summed E-state index contributed by atoms with van der Waals surface area (Å²) < 4.78 is 7.30. The van der Waals surface area contributed by atoms with Crippen LogP contribution in [0.2, 0.25) is 0 Å². The first-order chi connectivity index (χ1) is 12.3. The minimum absolute atomic E-state index is 0.558. The number of hydrogen-bond donors (Lipinski definition) is 1. The Hall–Kier alpha value is -2.32. The van der Waals surface area contributed by atoms with Crippen LogP contribution in [0.3, 0.4) is 0 Å². The zero-order valence-corrected chi connectivity index (χ0v) is 15.3. The number of nitrogens with zero attached hydrogens (tertiary/aromatic N) is 4. The normalized spacial score (nSPS) is 13.2. The molecule has 0 amide bonds. The molecular formula is C17H17N5OS2. The van der Waals surface area contributed by atoms with Gasteiger partial charge in [-0.05, 0) is 42.6 Å². The third-order valence-corrected chi connectivity index (χ3v) is 5.51. The molecular weight excluding hydrogens is 354 g/mol. The van der Waals surface area contributed by atoms with Crippen LogP contribution in [0, 0.1) is 0 Å². The lowest BCUT2D eigenvalue weighted by Gasteiger charge is -2.13. The summed E-state index contributed by atoms with van der Waals surface area (Å²) in [5.74, 6) is 2.49. The fraction of sp³-hybridized carbons (Fsp3) is 0.235. The molecule has 1 aliphatic heterocycles. The number of thiophene rings is 1. The topological polar surface area (TPSA) is 64.3 Å². The van der Waals surface area contributed by atoms with Crippen molar-refractivity contribution in [1.29, 1.82) is 0 Å². The van der Waals surface area contributed by atoms with E-state index >= 15 is 0 Å². The molecule has 0 radical (unpaired) electrons. The first-order valence-corrected chi connectivity index (χ1v) is 9.85. The quantitative estimate of drug-likeness (QED) is 0.716. The maximum atomic E-state index is 5.46. The fourth-order valence-electron chi connectivity index (χ4n) is 2.46. The van der Waals surface area contributed by atoms with E-state index in [9.17, 15) is 0 Å². The van der Waals surface area contributed by atoms with Crippen molar-refractivity contribution in [2.75, 3.05) is 17.7 Å². The Labute approximate surface area is 153 Å². The standard InChI is InChI=1S/C17H17N5OS2/c1-2-23-13-7-5-12(6-8-13)18-10-16-19-20-17-22(16)21-14(11-25-17)15-4-3-9-24-15/h3-9,18H,2,10-11H2,1H3. The molecule has 4 rings (SSSR count). The first kappa shape index (κ1) is 16.2. The molecule has 25 heavy (non-hydrogen) atoms. The van der Waals surface area contributed by atoms with E-state index in [2.05, 4.69) is 27.0 Å². The molecule has 3 heterocycles. The van der Waals surface area contributed by atoms with Gasteiger partial charge in [-0.25, -0.2) is 0 Å². The Morgan fingerprint density at radius 1 is 1.20 bits per heavy atom. The lowest BCUT2D eigenvalue weighted by atomic mass is 10.3. The molecule has 128 valence electrons. The van der Waals surface area contributed by atoms with Crippen LogP contribution >= 0.6 is 23.1 Å². The van der Waals surface area contributed by atoms with Crippen LogP contribution in [-0.4, -0.2) is 32.9 Å². The lowest BCUT2D eigenvalue weighted by Crippen LogP contribution is -2.15. The molecule has 0 atom stereocenters. The summed E-state index contributed by atoms with van der Waals surface area (Å²) in [6.07, 6.45) is 0. The average molecular weight is 371 g/mol. The predicted octanol–water partition coefficient (Wildman–Crippen LogP) is 3.71. The number of hydrogen-bond acceptors (Lipinski definition) is 7. The zero-order chi connectivity index (χ0) is 17.1. The molecule has 0 saturated heterocycles. The van der Waals surface area contributed by atoms with Crippen molar-refractivity contribution >= 4 is 34.5 Å². The van der Waals surface area contributed by atoms with Crippen molar-refractivity contribution in [3.63, 3.8) is 0 Å². The molecule has 0 saturated carbocycles. The van der Waals surface area contributed by atoms with Gasteiger partial charge in [-0.15, -0.1) is 21.5 Å². The van der Waals surface area contributed by atoms with Crippen molar-refractivity contribution < 1.29 is 4.74 Å². The Morgan fingerprint density at radius 3 is 2.84 bits per heavy atom. The van der Waals surface area contributed by atoms with Crippen LogP contribution in [0.25, 0.3) is 0 Å². The van der Waals surface area contributed by atoms with E-state index in [1.807, 2.05) is 41.9 Å². The molecule has 0 aliphatic carbocycles. The Morgan fingerprint density at radius 2 is 2.08 bits per heavy atom. The summed E-state index contributed by atoms with van der Waals surface area (Å²) in [5.41, 5.74) is 2.07. The zero-order valence-electron chi connectivity index (χ0n) is 13.7. The van der Waals surface area contributed by atoms with Crippen LogP contribution < -0.4 is 10.1 Å². The predicted molar refractivity (Wildman–Crippen MR) is 102 cm³/mol. The monoisotopic (exact) mass is 371 g/mol. The van der Waals surface area contributed by atoms with Gasteiger partial charge in [0.15, 0.2) is 5.82 Å². The summed E-state index contributed by atoms with van der Waals surface area (Å²) in [6, 6.07) is 12.0. The van der Waals surface area contributed by atoms with Crippen molar-refractivity contribution in [1.82, 2.24) is 14.9 Å². The van der Waals surface area contributed by atoms with Gasteiger partial charge in [-0.3, -0.25) is 0 Å². The minimum atomic E-state index is 0.558. The second-order valence-electron chi connectivity index (χ2n) is 5.33. The molecule has 0 spiro atoms. The van der Waals surface area contributed by atoms with Gasteiger partial charge < -0.3 is 10.1 Å². The van der Waals surface area contributed by atoms with E-state index in [4.69, 9.17) is 9.84 Å². The van der Waals surface area contributed by atoms with E-state index in [0.29, 0.717) is 13.2 Å². The maximum Gasteiger partial charge on any atom is 0.212 e. The summed E-state index contributed by atoms with van der Waals surface area (Å²) in [7, 11) is 0. The highest BCUT2D eigenvalue weighted by Gasteiger charge is 2.20. The van der Waals surface area contributed by atoms with Gasteiger partial charge in [0.25, 0.3) is 0 Å². The molecule has 2 aromatic heterocycles. The van der Waals surface area contributed by atoms with E-state index in [-0.39, 0.29) is 0 Å². The number of nitrogens with one attached hydrogen (secondary N) is 1. The highest BCUT2D eigenvalue weighted by atomic mass is 32.2. The summed E-state index contributed by atoms with van der Waals surface area (Å²) in [5, 5.41) is 19.5. The highest BCUT2D eigenvalue weighted by Crippen LogP contribution is 2.26. The van der Waals surface area contributed by atoms with Crippen molar-refractivity contribution in [3.05, 3.63) is 52.5 Å². The summed E-state index contributed by atoms with van der Waals surface area (Å²) >= 11 is 3.37. The second kappa shape index (κ2) is 7.28. The van der Waals surface area contributed by atoms with Gasteiger partial charge in [0, 0.05) is 11.4 Å². The maximum absolute atomic E-state index is 5.46. The molecule has 6 nitrogen and oxygen atoms in total. The van der Waals surface area contributed by atoms with Crippen LogP contribution in [0.15, 0.2) is 52.0 Å². The number of rotatable bonds is 6. The number of thioether (sulfide) groups is 1. The number of anilines is 1. The number of aromatic nitrogens is 3. The van der Waals surface area contributed by atoms with Crippen LogP contribution in [0.4, 0.5) is 5.69 Å². The molecule has 0 fully saturated rings. The van der Waals surface area contributed by atoms with Gasteiger partial charge in [0.2, 0.25) is 5.16 Å². The van der Waals surface area contributed by atoms with Gasteiger partial charge in [0.1, 0.15) is 5.75 Å². The van der Waals surface area contributed by atoms with Crippen molar-refractivity contribution in [2.45, 2.75) is 18.6 Å². The number of benzene rings is 1. The van der Waals surface area contributed by atoms with Crippen molar-refractivity contribution in [3.8, 4) is 5.75 Å². The molecule has 0 bridgehead atoms. The van der Waals surface area contributed by atoms with E-state index in [1.54, 1.807) is 23.1 Å². The first-order valence-electron chi connectivity index (χ1n) is 7.99. The molecule has 1 aliphatic rings. The van der Waals surface area contributed by atoms with Crippen molar-refractivity contribution in [2.24, 2.45) is 5.10 Å². The third-order valence-electron chi connectivity index (χ3n) is 3.66. The van der Waals surface area contributed by atoms with E-state index in [0.717, 1.165) is 33.9 Å². The van der Waals surface area contributed by atoms with Crippen LogP contribution in [0.1, 0.15) is 17.6 Å². The second-order valence-corrected chi connectivity index (χ2v) is 7.22. The molecule has 1 aromatic carbocycles. The minimum Gasteiger partial charge on any atom is -0.494 e. The average Bonchev–Trinajstić information content (AvgIpc) is 3.31. The number of ether oxygens (including phenoxy) is 1. The fourth-order valence-corrected chi connectivity index (χ4v) is 4.11. The molecule has 3 aromatic rings. The van der Waals surface area contributed by atoms with Gasteiger partial charge >= 0.3 is 0 Å². The third kappa shape index (κ3) is 3.54. The van der Waals surface area contributed by atoms with Crippen LogP contribution in [0.5, 0.6) is 5.75 Å². The Balaban J connectivity index is 1.49. The van der Waals surface area contributed by atoms with Gasteiger partial charge in [-0.1, -0.05) is 17.8 Å². The van der Waals surface area contributed by atoms with E-state index in [1.165, 1.54) is 4.88 Å².